The van der Waals surface area contributed by atoms with Crippen LogP contribution in [0.2, 0.25) is 0 Å². The summed E-state index contributed by atoms with van der Waals surface area (Å²) in [5.41, 5.74) is 0.487. The van der Waals surface area contributed by atoms with E-state index in [-0.39, 0.29) is 24.9 Å². The van der Waals surface area contributed by atoms with Crippen molar-refractivity contribution in [2.24, 2.45) is 0 Å². The van der Waals surface area contributed by atoms with Crippen molar-refractivity contribution in [2.45, 2.75) is 32.8 Å². The molecule has 0 aliphatic rings. The van der Waals surface area contributed by atoms with E-state index in [4.69, 9.17) is 14.2 Å². The van der Waals surface area contributed by atoms with Crippen LogP contribution in [-0.2, 0) is 14.3 Å². The smallest absolute Gasteiger partial charge is 0.306 e. The SMILES string of the molecule is COc1cc(NC(=O)CCC(=O)OC(C)C)cc(OC)n1. The molecule has 1 amide bonds. The molecule has 0 aliphatic heterocycles. The number of anilines is 1. The summed E-state index contributed by atoms with van der Waals surface area (Å²) in [5, 5.41) is 2.65. The Bertz CT molecular complexity index is 480. The molecule has 0 aliphatic carbocycles. The first kappa shape index (κ1) is 16.7. The summed E-state index contributed by atoms with van der Waals surface area (Å²) < 4.78 is 15.0. The molecule has 1 aromatic rings. The number of amides is 1. The number of methoxy groups -OCH3 is 2. The van der Waals surface area contributed by atoms with Crippen LogP contribution in [0, 0.1) is 0 Å². The van der Waals surface area contributed by atoms with Crippen LogP contribution in [0.15, 0.2) is 12.1 Å². The van der Waals surface area contributed by atoms with Crippen molar-refractivity contribution in [1.29, 1.82) is 0 Å². The van der Waals surface area contributed by atoms with E-state index in [1.807, 2.05) is 0 Å². The first-order valence-corrected chi connectivity index (χ1v) is 6.54. The molecule has 7 heteroatoms. The molecular formula is C14H20N2O5. The molecule has 0 saturated carbocycles. The maximum Gasteiger partial charge on any atom is 0.306 e. The Morgan fingerprint density at radius 2 is 1.71 bits per heavy atom. The molecule has 0 unspecified atom stereocenters. The van der Waals surface area contributed by atoms with Crippen LogP contribution in [-0.4, -0.2) is 37.2 Å². The van der Waals surface area contributed by atoms with E-state index >= 15 is 0 Å². The highest BCUT2D eigenvalue weighted by molar-refractivity contribution is 5.92. The van der Waals surface area contributed by atoms with Gasteiger partial charge in [-0.3, -0.25) is 9.59 Å². The lowest BCUT2D eigenvalue weighted by Gasteiger charge is -2.09. The summed E-state index contributed by atoms with van der Waals surface area (Å²) in [6.45, 7) is 3.51. The fourth-order valence-corrected chi connectivity index (χ4v) is 1.52. The third-order valence-electron chi connectivity index (χ3n) is 2.40. The van der Waals surface area contributed by atoms with Gasteiger partial charge in [0, 0.05) is 18.6 Å². The summed E-state index contributed by atoms with van der Waals surface area (Å²) in [5.74, 6) is -0.0520. The number of nitrogens with one attached hydrogen (secondary N) is 1. The molecule has 0 radical (unpaired) electrons. The van der Waals surface area contributed by atoms with Gasteiger partial charge < -0.3 is 19.5 Å². The van der Waals surface area contributed by atoms with E-state index in [1.165, 1.54) is 14.2 Å². The number of carbonyl (C=O) groups excluding carboxylic acids is 2. The Morgan fingerprint density at radius 1 is 1.14 bits per heavy atom. The van der Waals surface area contributed by atoms with Crippen molar-refractivity contribution in [3.8, 4) is 11.8 Å². The third-order valence-corrected chi connectivity index (χ3v) is 2.40. The zero-order chi connectivity index (χ0) is 15.8. The number of pyridine rings is 1. The lowest BCUT2D eigenvalue weighted by Crippen LogP contribution is -2.16. The average Bonchev–Trinajstić information content (AvgIpc) is 2.44. The lowest BCUT2D eigenvalue weighted by atomic mass is 10.3. The van der Waals surface area contributed by atoms with Crippen molar-refractivity contribution >= 4 is 17.6 Å². The molecular weight excluding hydrogens is 276 g/mol. The van der Waals surface area contributed by atoms with Crippen LogP contribution < -0.4 is 14.8 Å². The fourth-order valence-electron chi connectivity index (χ4n) is 1.52. The molecule has 7 nitrogen and oxygen atoms in total. The summed E-state index contributed by atoms with van der Waals surface area (Å²) >= 11 is 0. The van der Waals surface area contributed by atoms with Crippen LogP contribution >= 0.6 is 0 Å². The summed E-state index contributed by atoms with van der Waals surface area (Å²) in [6, 6.07) is 3.12. The zero-order valence-electron chi connectivity index (χ0n) is 12.6. The highest BCUT2D eigenvalue weighted by Crippen LogP contribution is 2.21. The number of aromatic nitrogens is 1. The van der Waals surface area contributed by atoms with Crippen LogP contribution in [0.4, 0.5) is 5.69 Å². The molecule has 21 heavy (non-hydrogen) atoms. The van der Waals surface area contributed by atoms with Gasteiger partial charge in [-0.1, -0.05) is 0 Å². The van der Waals surface area contributed by atoms with Gasteiger partial charge in [0.25, 0.3) is 0 Å². The number of hydrogen-bond donors (Lipinski definition) is 1. The molecule has 0 aromatic carbocycles. The highest BCUT2D eigenvalue weighted by atomic mass is 16.5. The predicted octanol–water partition coefficient (Wildman–Crippen LogP) is 1.77. The normalized spacial score (nSPS) is 10.1. The molecule has 1 N–H and O–H groups in total. The monoisotopic (exact) mass is 296 g/mol. The van der Waals surface area contributed by atoms with E-state index < -0.39 is 5.97 Å². The number of rotatable bonds is 7. The molecule has 1 rings (SSSR count). The molecule has 0 fully saturated rings. The van der Waals surface area contributed by atoms with Crippen molar-refractivity contribution in [1.82, 2.24) is 4.98 Å². The Hall–Kier alpha value is -2.31. The van der Waals surface area contributed by atoms with E-state index in [9.17, 15) is 9.59 Å². The van der Waals surface area contributed by atoms with E-state index in [1.54, 1.807) is 26.0 Å². The minimum atomic E-state index is -0.398. The maximum absolute atomic E-state index is 11.8. The van der Waals surface area contributed by atoms with E-state index in [2.05, 4.69) is 10.3 Å². The largest absolute Gasteiger partial charge is 0.481 e. The van der Waals surface area contributed by atoms with Crippen molar-refractivity contribution in [3.05, 3.63) is 12.1 Å². The van der Waals surface area contributed by atoms with Crippen molar-refractivity contribution in [3.63, 3.8) is 0 Å². The number of nitrogens with zero attached hydrogens (tertiary/aromatic N) is 1. The second-order valence-corrected chi connectivity index (χ2v) is 4.53. The molecule has 1 aromatic heterocycles. The van der Waals surface area contributed by atoms with Crippen molar-refractivity contribution < 1.29 is 23.8 Å². The van der Waals surface area contributed by atoms with E-state index in [0.29, 0.717) is 17.4 Å². The minimum absolute atomic E-state index is 0.0311. The van der Waals surface area contributed by atoms with Gasteiger partial charge in [0.05, 0.1) is 32.4 Å². The van der Waals surface area contributed by atoms with Gasteiger partial charge in [-0.05, 0) is 13.8 Å². The van der Waals surface area contributed by atoms with E-state index in [0.717, 1.165) is 0 Å². The van der Waals surface area contributed by atoms with Crippen molar-refractivity contribution in [2.75, 3.05) is 19.5 Å². The number of hydrogen-bond acceptors (Lipinski definition) is 6. The number of carbonyl (C=O) groups is 2. The van der Waals surface area contributed by atoms with Gasteiger partial charge in [0.15, 0.2) is 0 Å². The molecule has 116 valence electrons. The standard InChI is InChI=1S/C14H20N2O5/c1-9(2)21-14(18)6-5-11(17)15-10-7-12(19-3)16-13(8-10)20-4/h7-9H,5-6H2,1-4H3,(H,15,16,17). The van der Waals surface area contributed by atoms with Gasteiger partial charge in [0.2, 0.25) is 17.7 Å². The second kappa shape index (κ2) is 8.08. The quantitative estimate of drug-likeness (QED) is 0.772. The van der Waals surface area contributed by atoms with Gasteiger partial charge in [-0.25, -0.2) is 0 Å². The first-order chi connectivity index (χ1) is 9.94. The lowest BCUT2D eigenvalue weighted by molar-refractivity contribution is -0.148. The third kappa shape index (κ3) is 6.11. The van der Waals surface area contributed by atoms with Crippen LogP contribution in [0.1, 0.15) is 26.7 Å². The fraction of sp³-hybridized carbons (Fsp3) is 0.500. The van der Waals surface area contributed by atoms with Crippen LogP contribution in [0.5, 0.6) is 11.8 Å². The Labute approximate surface area is 123 Å². The first-order valence-electron chi connectivity index (χ1n) is 6.54. The molecule has 1 heterocycles. The number of esters is 1. The topological polar surface area (TPSA) is 86.8 Å². The maximum atomic E-state index is 11.8. The second-order valence-electron chi connectivity index (χ2n) is 4.53. The Balaban J connectivity index is 2.56. The molecule has 0 atom stereocenters. The summed E-state index contributed by atoms with van der Waals surface area (Å²) in [7, 11) is 2.94. The summed E-state index contributed by atoms with van der Waals surface area (Å²) in [4.78, 5) is 27.2. The van der Waals surface area contributed by atoms with Crippen LogP contribution in [0.25, 0.3) is 0 Å². The van der Waals surface area contributed by atoms with Crippen LogP contribution in [0.3, 0.4) is 0 Å². The molecule has 0 bridgehead atoms. The van der Waals surface area contributed by atoms with Gasteiger partial charge in [0.1, 0.15) is 0 Å². The number of ether oxygens (including phenoxy) is 3. The Kier molecular flexibility index (Phi) is 6.45. The molecule has 0 spiro atoms. The highest BCUT2D eigenvalue weighted by Gasteiger charge is 2.11. The zero-order valence-corrected chi connectivity index (χ0v) is 12.6. The summed E-state index contributed by atoms with van der Waals surface area (Å²) in [6.07, 6.45) is -0.115. The predicted molar refractivity (Wildman–Crippen MR) is 76.4 cm³/mol. The van der Waals surface area contributed by atoms with Gasteiger partial charge in [-0.15, -0.1) is 0 Å². The van der Waals surface area contributed by atoms with Gasteiger partial charge in [-0.2, -0.15) is 4.98 Å². The molecule has 0 saturated heterocycles. The minimum Gasteiger partial charge on any atom is -0.481 e. The van der Waals surface area contributed by atoms with Gasteiger partial charge >= 0.3 is 5.97 Å². The Morgan fingerprint density at radius 3 is 2.19 bits per heavy atom. The average molecular weight is 296 g/mol.